The number of rotatable bonds is 83. The molecule has 3 unspecified atom stereocenters. The molecule has 0 radical (unpaired) electrons. The van der Waals surface area contributed by atoms with Crippen molar-refractivity contribution < 1.29 is 80.2 Å². The van der Waals surface area contributed by atoms with Gasteiger partial charge in [-0.1, -0.05) is 380 Å². The van der Waals surface area contributed by atoms with E-state index in [0.717, 1.165) is 109 Å². The first-order chi connectivity index (χ1) is 50.6. The smallest absolute Gasteiger partial charge is 0.462 e. The summed E-state index contributed by atoms with van der Waals surface area (Å²) >= 11 is 0. The van der Waals surface area contributed by atoms with Crippen LogP contribution >= 0.6 is 15.6 Å². The van der Waals surface area contributed by atoms with Gasteiger partial charge in [-0.2, -0.15) is 0 Å². The van der Waals surface area contributed by atoms with Crippen LogP contribution in [-0.4, -0.2) is 96.7 Å². The Morgan fingerprint density at radius 3 is 0.817 bits per heavy atom. The van der Waals surface area contributed by atoms with Crippen molar-refractivity contribution in [1.29, 1.82) is 0 Å². The van der Waals surface area contributed by atoms with Gasteiger partial charge in [-0.25, -0.2) is 9.13 Å². The zero-order valence-corrected chi connectivity index (χ0v) is 69.4. The number of phosphoric acid groups is 2. The van der Waals surface area contributed by atoms with Crippen molar-refractivity contribution in [3.05, 3.63) is 24.3 Å². The van der Waals surface area contributed by atoms with E-state index < -0.39 is 97.5 Å². The van der Waals surface area contributed by atoms with E-state index >= 15 is 0 Å². The monoisotopic (exact) mass is 1520 g/mol. The highest BCUT2D eigenvalue weighted by Gasteiger charge is 2.30. The SMILES string of the molecule is CCCCCC/C=C\C=C/CCCCCCCC(=O)O[C@H](COC(=O)CCCCCCCCCCCCC)COP(=O)(O)OC[C@H](O)COP(=O)(O)OC[C@@H](COC(=O)CCCCCCCCCCCCCCCCC(C)CC)OC(=O)CCCCCCCCCCCCCCCCCCCCCC. The number of ether oxygens (including phenoxy) is 4. The molecule has 6 atom stereocenters. The van der Waals surface area contributed by atoms with Crippen molar-refractivity contribution in [2.75, 3.05) is 39.6 Å². The summed E-state index contributed by atoms with van der Waals surface area (Å²) in [6, 6.07) is 0. The van der Waals surface area contributed by atoms with E-state index in [9.17, 15) is 43.2 Å². The Balaban J connectivity index is 5.27. The predicted molar refractivity (Wildman–Crippen MR) is 428 cm³/mol. The third-order valence-electron chi connectivity index (χ3n) is 19.8. The molecule has 0 bridgehead atoms. The Bertz CT molecular complexity index is 2080. The lowest BCUT2D eigenvalue weighted by Gasteiger charge is -2.21. The molecule has 19 heteroatoms. The van der Waals surface area contributed by atoms with Crippen LogP contribution in [0.3, 0.4) is 0 Å². The second-order valence-corrected chi connectivity index (χ2v) is 33.0. The number of aliphatic hydroxyl groups is 1. The van der Waals surface area contributed by atoms with Gasteiger partial charge in [0.1, 0.15) is 19.3 Å². The van der Waals surface area contributed by atoms with Crippen LogP contribution in [0.25, 0.3) is 0 Å². The quantitative estimate of drug-likeness (QED) is 0.0169. The van der Waals surface area contributed by atoms with Crippen molar-refractivity contribution in [1.82, 2.24) is 0 Å². The van der Waals surface area contributed by atoms with E-state index in [1.165, 1.54) is 244 Å². The molecule has 0 saturated carbocycles. The second-order valence-electron chi connectivity index (χ2n) is 30.1. The van der Waals surface area contributed by atoms with Crippen molar-refractivity contribution in [3.63, 3.8) is 0 Å². The summed E-state index contributed by atoms with van der Waals surface area (Å²) in [4.78, 5) is 73.2. The predicted octanol–water partition coefficient (Wildman–Crippen LogP) is 25.5. The molecule has 0 aliphatic heterocycles. The largest absolute Gasteiger partial charge is 0.472 e. The zero-order chi connectivity index (χ0) is 76.2. The summed E-state index contributed by atoms with van der Waals surface area (Å²) in [5, 5.41) is 10.7. The molecule has 0 aliphatic rings. The molecule has 3 N–H and O–H groups in total. The molecular weight excluding hydrogens is 1350 g/mol. The van der Waals surface area contributed by atoms with Gasteiger partial charge in [-0.15, -0.1) is 0 Å². The minimum Gasteiger partial charge on any atom is -0.462 e. The molecule has 0 spiro atoms. The second kappa shape index (κ2) is 77.3. The van der Waals surface area contributed by atoms with Gasteiger partial charge in [0.25, 0.3) is 0 Å². The fraction of sp³-hybridized carbons (Fsp3) is 0.906. The van der Waals surface area contributed by atoms with Gasteiger partial charge >= 0.3 is 39.5 Å². The molecule has 0 rings (SSSR count). The molecule has 0 aromatic rings. The Kier molecular flexibility index (Phi) is 75.4. The number of allylic oxidation sites excluding steroid dienone is 4. The van der Waals surface area contributed by atoms with Crippen molar-refractivity contribution in [2.45, 2.75) is 451 Å². The summed E-state index contributed by atoms with van der Waals surface area (Å²) in [7, 11) is -9.94. The highest BCUT2D eigenvalue weighted by molar-refractivity contribution is 7.47. The van der Waals surface area contributed by atoms with Crippen LogP contribution in [0, 0.1) is 5.92 Å². The molecule has 0 aromatic heterocycles. The van der Waals surface area contributed by atoms with Crippen LogP contribution in [0.1, 0.15) is 433 Å². The third kappa shape index (κ3) is 76.3. The molecule has 104 heavy (non-hydrogen) atoms. The van der Waals surface area contributed by atoms with Crippen LogP contribution < -0.4 is 0 Å². The van der Waals surface area contributed by atoms with Crippen molar-refractivity contribution in [2.24, 2.45) is 5.92 Å². The molecule has 0 saturated heterocycles. The average molecular weight is 1520 g/mol. The maximum Gasteiger partial charge on any atom is 0.472 e. The molecule has 0 aliphatic carbocycles. The Labute approximate surface area is 637 Å². The lowest BCUT2D eigenvalue weighted by atomic mass is 9.99. The highest BCUT2D eigenvalue weighted by Crippen LogP contribution is 2.45. The van der Waals surface area contributed by atoms with Gasteiger partial charge in [0.2, 0.25) is 0 Å². The van der Waals surface area contributed by atoms with Gasteiger partial charge in [-0.3, -0.25) is 37.3 Å². The summed E-state index contributed by atoms with van der Waals surface area (Å²) in [6.45, 7) is 7.34. The van der Waals surface area contributed by atoms with Crippen LogP contribution in [0.2, 0.25) is 0 Å². The first-order valence-corrected chi connectivity index (χ1v) is 46.5. The van der Waals surface area contributed by atoms with Gasteiger partial charge < -0.3 is 33.8 Å². The summed E-state index contributed by atoms with van der Waals surface area (Å²) in [6.07, 6.45) is 72.9. The molecule has 17 nitrogen and oxygen atoms in total. The maximum atomic E-state index is 13.1. The van der Waals surface area contributed by atoms with Gasteiger partial charge in [0.15, 0.2) is 12.2 Å². The zero-order valence-electron chi connectivity index (χ0n) is 67.7. The minimum absolute atomic E-state index is 0.0857. The number of esters is 4. The van der Waals surface area contributed by atoms with E-state index in [1.54, 1.807) is 0 Å². The van der Waals surface area contributed by atoms with Crippen molar-refractivity contribution in [3.8, 4) is 0 Å². The third-order valence-corrected chi connectivity index (χ3v) is 21.7. The molecule has 614 valence electrons. The fourth-order valence-electron chi connectivity index (χ4n) is 12.7. The summed E-state index contributed by atoms with van der Waals surface area (Å²) in [5.41, 5.74) is 0. The number of carbonyl (C=O) groups excluding carboxylic acids is 4. The van der Waals surface area contributed by atoms with E-state index in [4.69, 9.17) is 37.0 Å². The van der Waals surface area contributed by atoms with Crippen molar-refractivity contribution >= 4 is 39.5 Å². The van der Waals surface area contributed by atoms with Gasteiger partial charge in [0, 0.05) is 25.7 Å². The number of carbonyl (C=O) groups is 4. The molecular formula is C85H162O17P2. The first-order valence-electron chi connectivity index (χ1n) is 43.5. The van der Waals surface area contributed by atoms with Crippen LogP contribution in [0.15, 0.2) is 24.3 Å². The maximum absolute atomic E-state index is 13.1. The number of hydrogen-bond donors (Lipinski definition) is 3. The normalized spacial score (nSPS) is 14.2. The topological polar surface area (TPSA) is 237 Å². The number of unbranched alkanes of at least 4 members (excludes halogenated alkanes) is 51. The van der Waals surface area contributed by atoms with Gasteiger partial charge in [0.05, 0.1) is 26.4 Å². The minimum atomic E-state index is -4.97. The van der Waals surface area contributed by atoms with E-state index in [1.807, 2.05) is 0 Å². The highest BCUT2D eigenvalue weighted by atomic mass is 31.2. The molecule has 0 heterocycles. The Hall–Kier alpha value is -2.46. The molecule has 0 amide bonds. The average Bonchev–Trinajstić information content (AvgIpc) is 0.906. The fourth-order valence-corrected chi connectivity index (χ4v) is 14.3. The number of phosphoric ester groups is 2. The standard InChI is InChI=1S/C85H162O17P2/c1-6-10-13-16-19-22-25-27-29-30-31-32-33-35-41-46-51-56-61-66-71-85(90)102-81(75-96-83(88)69-64-59-54-49-44-39-37-36-38-43-47-52-57-62-67-78(5)9-4)77-100-104(93,94)98-73-79(86)72-97-103(91,92)99-76-80(74-95-82(87)68-63-58-53-48-42-24-21-18-15-12-8-3)101-84(89)70-65-60-55-50-45-40-34-28-26-23-20-17-14-11-7-2/h23,26,28,34,78-81,86H,6-22,24-25,27,29-33,35-77H2,1-5H3,(H,91,92)(H,93,94)/b26-23-,34-28-/t78?,79-,80+,81+/m0/s1. The van der Waals surface area contributed by atoms with E-state index in [2.05, 4.69) is 58.9 Å². The number of hydrogen-bond acceptors (Lipinski definition) is 15. The Morgan fingerprint density at radius 2 is 0.538 bits per heavy atom. The Morgan fingerprint density at radius 1 is 0.308 bits per heavy atom. The lowest BCUT2D eigenvalue weighted by Crippen LogP contribution is -2.30. The van der Waals surface area contributed by atoms with Crippen LogP contribution in [-0.2, 0) is 65.4 Å². The van der Waals surface area contributed by atoms with E-state index in [0.29, 0.717) is 25.7 Å². The van der Waals surface area contributed by atoms with Crippen LogP contribution in [0.4, 0.5) is 0 Å². The molecule has 0 aromatic carbocycles. The lowest BCUT2D eigenvalue weighted by molar-refractivity contribution is -0.161. The summed E-state index contributed by atoms with van der Waals surface area (Å²) < 4.78 is 68.8. The van der Waals surface area contributed by atoms with Gasteiger partial charge in [-0.05, 0) is 57.3 Å². The number of aliphatic hydroxyl groups excluding tert-OH is 1. The summed E-state index contributed by atoms with van der Waals surface area (Å²) in [5.74, 6) is -1.28. The molecule has 0 fully saturated rings. The van der Waals surface area contributed by atoms with E-state index in [-0.39, 0.29) is 25.7 Å². The van der Waals surface area contributed by atoms with Crippen LogP contribution in [0.5, 0.6) is 0 Å². The first kappa shape index (κ1) is 102.